The van der Waals surface area contributed by atoms with Gasteiger partial charge in [0.15, 0.2) is 0 Å². The summed E-state index contributed by atoms with van der Waals surface area (Å²) < 4.78 is 18.9. The van der Waals surface area contributed by atoms with E-state index in [2.05, 4.69) is 0 Å². The maximum Gasteiger partial charge on any atom is 0.124 e. The Hall–Kier alpha value is -1.40. The molecule has 0 aromatic heterocycles. The molecule has 0 spiro atoms. The van der Waals surface area contributed by atoms with Gasteiger partial charge in [-0.2, -0.15) is 5.26 Å². The lowest BCUT2D eigenvalue weighted by molar-refractivity contribution is 0.0167. The van der Waals surface area contributed by atoms with Crippen LogP contribution in [0, 0.1) is 17.1 Å². The highest BCUT2D eigenvalue weighted by atomic mass is 19.1. The van der Waals surface area contributed by atoms with Gasteiger partial charge in [-0.1, -0.05) is 19.3 Å². The van der Waals surface area contributed by atoms with Gasteiger partial charge < -0.3 is 4.74 Å². The van der Waals surface area contributed by atoms with E-state index in [-0.39, 0.29) is 5.82 Å². The molecule has 0 N–H and O–H groups in total. The molecule has 1 aromatic rings. The molecule has 17 heavy (non-hydrogen) atoms. The van der Waals surface area contributed by atoms with Crippen LogP contribution in [-0.4, -0.2) is 6.10 Å². The van der Waals surface area contributed by atoms with Crippen molar-refractivity contribution < 1.29 is 9.13 Å². The Morgan fingerprint density at radius 2 is 2.00 bits per heavy atom. The first-order valence-corrected chi connectivity index (χ1v) is 6.09. The molecule has 3 heteroatoms. The number of nitriles is 1. The maximum absolute atomic E-state index is 13.2. The van der Waals surface area contributed by atoms with Crippen LogP contribution in [0.5, 0.6) is 0 Å². The number of benzene rings is 1. The van der Waals surface area contributed by atoms with Crippen molar-refractivity contribution in [3.63, 3.8) is 0 Å². The third-order valence-electron chi connectivity index (χ3n) is 3.12. The molecular formula is C14H16FNO. The van der Waals surface area contributed by atoms with Gasteiger partial charge in [0.25, 0.3) is 0 Å². The lowest BCUT2D eigenvalue weighted by Gasteiger charge is -2.22. The van der Waals surface area contributed by atoms with E-state index in [1.807, 2.05) is 6.07 Å². The van der Waals surface area contributed by atoms with Crippen LogP contribution in [0.2, 0.25) is 0 Å². The third kappa shape index (κ3) is 3.54. The number of nitrogens with zero attached hydrogens (tertiary/aromatic N) is 1. The second kappa shape index (κ2) is 5.79. The van der Waals surface area contributed by atoms with Gasteiger partial charge in [-0.25, -0.2) is 4.39 Å². The van der Waals surface area contributed by atoms with Gasteiger partial charge in [0.2, 0.25) is 0 Å². The summed E-state index contributed by atoms with van der Waals surface area (Å²) >= 11 is 0. The molecule has 0 amide bonds. The van der Waals surface area contributed by atoms with Gasteiger partial charge in [0, 0.05) is 0 Å². The molecule has 1 fully saturated rings. The first-order chi connectivity index (χ1) is 8.28. The molecule has 1 aromatic carbocycles. The Balaban J connectivity index is 1.94. The van der Waals surface area contributed by atoms with E-state index in [0.717, 1.165) is 18.4 Å². The van der Waals surface area contributed by atoms with E-state index >= 15 is 0 Å². The van der Waals surface area contributed by atoms with Gasteiger partial charge in [-0.15, -0.1) is 0 Å². The summed E-state index contributed by atoms with van der Waals surface area (Å²) in [4.78, 5) is 0. The van der Waals surface area contributed by atoms with Crippen molar-refractivity contribution in [1.29, 1.82) is 5.26 Å². The van der Waals surface area contributed by atoms with Gasteiger partial charge in [0.1, 0.15) is 5.82 Å². The summed E-state index contributed by atoms with van der Waals surface area (Å²) in [6, 6.07) is 6.31. The van der Waals surface area contributed by atoms with Crippen LogP contribution in [0.25, 0.3) is 0 Å². The predicted molar refractivity (Wildman–Crippen MR) is 62.8 cm³/mol. The standard InChI is InChI=1S/C14H16FNO/c15-13-7-11(9-16)6-12(8-13)10-17-14-4-2-1-3-5-14/h6-8,14H,1-5,10H2. The Morgan fingerprint density at radius 1 is 1.24 bits per heavy atom. The topological polar surface area (TPSA) is 33.0 Å². The van der Waals surface area contributed by atoms with E-state index < -0.39 is 0 Å². The molecule has 2 rings (SSSR count). The lowest BCUT2D eigenvalue weighted by Crippen LogP contribution is -2.16. The average molecular weight is 233 g/mol. The molecule has 0 bridgehead atoms. The Kier molecular flexibility index (Phi) is 4.11. The fourth-order valence-electron chi connectivity index (χ4n) is 2.24. The lowest BCUT2D eigenvalue weighted by atomic mass is 9.98. The molecular weight excluding hydrogens is 217 g/mol. The smallest absolute Gasteiger partial charge is 0.124 e. The Bertz CT molecular complexity index is 419. The summed E-state index contributed by atoms with van der Waals surface area (Å²) in [6.07, 6.45) is 6.23. The summed E-state index contributed by atoms with van der Waals surface area (Å²) in [5.41, 5.74) is 1.10. The predicted octanol–water partition coefficient (Wildman–Crippen LogP) is 3.55. The summed E-state index contributed by atoms with van der Waals surface area (Å²) in [6.45, 7) is 0.400. The van der Waals surface area contributed by atoms with E-state index in [0.29, 0.717) is 18.3 Å². The number of rotatable bonds is 3. The monoisotopic (exact) mass is 233 g/mol. The zero-order valence-electron chi connectivity index (χ0n) is 9.79. The Labute approximate surface area is 101 Å². The van der Waals surface area contributed by atoms with Gasteiger partial charge in [-0.3, -0.25) is 0 Å². The molecule has 0 aliphatic heterocycles. The minimum absolute atomic E-state index is 0.303. The molecule has 1 saturated carbocycles. The number of halogens is 1. The number of ether oxygens (including phenoxy) is 1. The largest absolute Gasteiger partial charge is 0.374 e. The van der Waals surface area contributed by atoms with Crippen LogP contribution in [0.4, 0.5) is 4.39 Å². The average Bonchev–Trinajstić information content (AvgIpc) is 2.37. The number of hydrogen-bond donors (Lipinski definition) is 0. The first-order valence-electron chi connectivity index (χ1n) is 6.09. The molecule has 2 nitrogen and oxygen atoms in total. The minimum atomic E-state index is -0.369. The van der Waals surface area contributed by atoms with Crippen LogP contribution in [-0.2, 0) is 11.3 Å². The van der Waals surface area contributed by atoms with Crippen molar-refractivity contribution in [1.82, 2.24) is 0 Å². The SMILES string of the molecule is N#Cc1cc(F)cc(COC2CCCCC2)c1. The molecule has 1 aliphatic carbocycles. The zero-order valence-corrected chi connectivity index (χ0v) is 9.79. The van der Waals surface area contributed by atoms with Crippen LogP contribution < -0.4 is 0 Å². The molecule has 0 atom stereocenters. The maximum atomic E-state index is 13.2. The van der Waals surface area contributed by atoms with E-state index in [1.165, 1.54) is 31.4 Å². The number of hydrogen-bond acceptors (Lipinski definition) is 2. The van der Waals surface area contributed by atoms with Crippen LogP contribution in [0.1, 0.15) is 43.2 Å². The van der Waals surface area contributed by atoms with Gasteiger partial charge in [-0.05, 0) is 36.6 Å². The van der Waals surface area contributed by atoms with Crippen molar-refractivity contribution in [2.75, 3.05) is 0 Å². The molecule has 0 radical (unpaired) electrons. The Morgan fingerprint density at radius 3 is 2.71 bits per heavy atom. The fraction of sp³-hybridized carbons (Fsp3) is 0.500. The van der Waals surface area contributed by atoms with Crippen molar-refractivity contribution in [3.8, 4) is 6.07 Å². The third-order valence-corrected chi connectivity index (χ3v) is 3.12. The van der Waals surface area contributed by atoms with Crippen molar-refractivity contribution in [3.05, 3.63) is 35.1 Å². The highest BCUT2D eigenvalue weighted by molar-refractivity contribution is 5.33. The molecule has 0 saturated heterocycles. The summed E-state index contributed by atoms with van der Waals surface area (Å²) in [5.74, 6) is -0.369. The normalized spacial score (nSPS) is 16.7. The summed E-state index contributed by atoms with van der Waals surface area (Å²) in [5, 5.41) is 8.75. The van der Waals surface area contributed by atoms with E-state index in [4.69, 9.17) is 10.00 Å². The van der Waals surface area contributed by atoms with Crippen molar-refractivity contribution in [2.45, 2.75) is 44.8 Å². The summed E-state index contributed by atoms with van der Waals surface area (Å²) in [7, 11) is 0. The van der Waals surface area contributed by atoms with Crippen molar-refractivity contribution >= 4 is 0 Å². The highest BCUT2D eigenvalue weighted by Gasteiger charge is 2.13. The van der Waals surface area contributed by atoms with Crippen LogP contribution >= 0.6 is 0 Å². The second-order valence-corrected chi connectivity index (χ2v) is 4.53. The van der Waals surface area contributed by atoms with E-state index in [9.17, 15) is 4.39 Å². The molecule has 0 heterocycles. The molecule has 1 aliphatic rings. The minimum Gasteiger partial charge on any atom is -0.374 e. The van der Waals surface area contributed by atoms with Crippen molar-refractivity contribution in [2.24, 2.45) is 0 Å². The first kappa shape index (κ1) is 12.1. The van der Waals surface area contributed by atoms with Crippen LogP contribution in [0.3, 0.4) is 0 Å². The second-order valence-electron chi connectivity index (χ2n) is 4.53. The van der Waals surface area contributed by atoms with Gasteiger partial charge >= 0.3 is 0 Å². The zero-order chi connectivity index (χ0) is 12.1. The fourth-order valence-corrected chi connectivity index (χ4v) is 2.24. The molecule has 90 valence electrons. The van der Waals surface area contributed by atoms with Gasteiger partial charge in [0.05, 0.1) is 24.3 Å². The quantitative estimate of drug-likeness (QED) is 0.799. The molecule has 0 unspecified atom stereocenters. The van der Waals surface area contributed by atoms with Crippen LogP contribution in [0.15, 0.2) is 18.2 Å². The highest BCUT2D eigenvalue weighted by Crippen LogP contribution is 2.21. The van der Waals surface area contributed by atoms with E-state index in [1.54, 1.807) is 6.07 Å².